The highest BCUT2D eigenvalue weighted by molar-refractivity contribution is 7.16. The molecule has 7 nitrogen and oxygen atoms in total. The normalized spacial score (nSPS) is 13.1. The third-order valence-electron chi connectivity index (χ3n) is 5.23. The summed E-state index contributed by atoms with van der Waals surface area (Å²) in [6, 6.07) is 7.49. The Balaban J connectivity index is 1.81. The van der Waals surface area contributed by atoms with Gasteiger partial charge in [-0.1, -0.05) is 6.92 Å². The van der Waals surface area contributed by atoms with Crippen LogP contribution in [-0.2, 0) is 0 Å². The van der Waals surface area contributed by atoms with Gasteiger partial charge in [-0.15, -0.1) is 11.3 Å². The molecule has 0 saturated heterocycles. The van der Waals surface area contributed by atoms with E-state index in [9.17, 15) is 14.3 Å². The molecule has 0 aliphatic carbocycles. The van der Waals surface area contributed by atoms with Crippen LogP contribution in [-0.4, -0.2) is 45.3 Å². The number of aromatic nitrogens is 2. The lowest BCUT2D eigenvalue weighted by atomic mass is 9.93. The Morgan fingerprint density at radius 2 is 1.97 bits per heavy atom. The molecule has 0 aliphatic heterocycles. The number of benzene rings is 1. The number of nitrogens with one attached hydrogen (secondary N) is 3. The average molecular weight is 460 g/mol. The largest absolute Gasteiger partial charge is 0.390 e. The monoisotopic (exact) mass is 459 g/mol. The zero-order valence-corrected chi connectivity index (χ0v) is 19.8. The standard InChI is InChI=1S/C23H30FN5O2S/c1-14(23(4,5)31)10-26-21(30)16-11-25-20(9-18(16)27-12-22(2,3)24)29-15-6-7-17-19(8-15)32-13-28-17/h6-9,11,13-14,31H,10,12H2,1-5H3,(H,26,30)(H2,25,27,29). The van der Waals surface area contributed by atoms with Crippen molar-refractivity contribution in [1.82, 2.24) is 15.3 Å². The van der Waals surface area contributed by atoms with Crippen molar-refractivity contribution in [2.24, 2.45) is 5.92 Å². The number of nitrogens with zero attached hydrogens (tertiary/aromatic N) is 2. The van der Waals surface area contributed by atoms with Crippen LogP contribution in [0.15, 0.2) is 36.0 Å². The highest BCUT2D eigenvalue weighted by atomic mass is 32.1. The summed E-state index contributed by atoms with van der Waals surface area (Å²) in [6.45, 7) is 8.52. The second kappa shape index (κ2) is 9.38. The maximum absolute atomic E-state index is 14.1. The smallest absolute Gasteiger partial charge is 0.254 e. The molecule has 3 aromatic rings. The number of aliphatic hydroxyl groups is 1. The van der Waals surface area contributed by atoms with E-state index in [1.807, 2.05) is 25.1 Å². The van der Waals surface area contributed by atoms with E-state index >= 15 is 0 Å². The fourth-order valence-corrected chi connectivity index (χ4v) is 3.54. The molecule has 0 aliphatic rings. The summed E-state index contributed by atoms with van der Waals surface area (Å²) < 4.78 is 15.2. The van der Waals surface area contributed by atoms with Gasteiger partial charge < -0.3 is 21.1 Å². The van der Waals surface area contributed by atoms with Crippen LogP contribution in [0.3, 0.4) is 0 Å². The van der Waals surface area contributed by atoms with E-state index in [1.54, 1.807) is 36.8 Å². The number of amides is 1. The van der Waals surface area contributed by atoms with Crippen LogP contribution in [0.25, 0.3) is 10.2 Å². The molecule has 1 atom stereocenters. The number of hydrogen-bond donors (Lipinski definition) is 4. The molecule has 0 spiro atoms. The summed E-state index contributed by atoms with van der Waals surface area (Å²) in [5.74, 6) is 0.0306. The molecule has 1 aromatic carbocycles. The molecule has 1 unspecified atom stereocenters. The van der Waals surface area contributed by atoms with E-state index < -0.39 is 11.3 Å². The van der Waals surface area contributed by atoms with Crippen molar-refractivity contribution < 1.29 is 14.3 Å². The number of hydrogen-bond acceptors (Lipinski definition) is 7. The summed E-state index contributed by atoms with van der Waals surface area (Å²) in [5, 5.41) is 19.2. The van der Waals surface area contributed by atoms with Crippen molar-refractivity contribution in [2.45, 2.75) is 45.9 Å². The first kappa shape index (κ1) is 23.9. The second-order valence-corrected chi connectivity index (χ2v) is 10.00. The van der Waals surface area contributed by atoms with E-state index in [0.717, 1.165) is 15.9 Å². The van der Waals surface area contributed by atoms with Crippen molar-refractivity contribution in [2.75, 3.05) is 23.7 Å². The molecule has 0 saturated carbocycles. The van der Waals surface area contributed by atoms with Gasteiger partial charge in [-0.05, 0) is 45.9 Å². The van der Waals surface area contributed by atoms with Gasteiger partial charge in [0.2, 0.25) is 0 Å². The van der Waals surface area contributed by atoms with E-state index in [1.165, 1.54) is 20.0 Å². The van der Waals surface area contributed by atoms with Crippen molar-refractivity contribution in [3.63, 3.8) is 0 Å². The molecule has 9 heteroatoms. The summed E-state index contributed by atoms with van der Waals surface area (Å²) in [6.07, 6.45) is 1.46. The molecule has 2 heterocycles. The number of alkyl halides is 1. The number of halogens is 1. The lowest BCUT2D eigenvalue weighted by molar-refractivity contribution is 0.0252. The summed E-state index contributed by atoms with van der Waals surface area (Å²) >= 11 is 1.55. The Labute approximate surface area is 191 Å². The number of rotatable bonds is 9. The number of fused-ring (bicyclic) bond motifs is 1. The summed E-state index contributed by atoms with van der Waals surface area (Å²) in [5.41, 5.74) is 1.95. The fourth-order valence-electron chi connectivity index (χ4n) is 2.83. The van der Waals surface area contributed by atoms with Gasteiger partial charge in [-0.25, -0.2) is 14.4 Å². The average Bonchev–Trinajstić information content (AvgIpc) is 3.17. The van der Waals surface area contributed by atoms with E-state index in [4.69, 9.17) is 0 Å². The highest BCUT2D eigenvalue weighted by Crippen LogP contribution is 2.26. The predicted octanol–water partition coefficient (Wildman–Crippen LogP) is 4.73. The zero-order valence-electron chi connectivity index (χ0n) is 19.0. The molecule has 3 rings (SSSR count). The zero-order chi connectivity index (χ0) is 23.5. The van der Waals surface area contributed by atoms with Gasteiger partial charge in [0.1, 0.15) is 11.5 Å². The van der Waals surface area contributed by atoms with Crippen LogP contribution < -0.4 is 16.0 Å². The van der Waals surface area contributed by atoms with Crippen LogP contribution in [0, 0.1) is 5.92 Å². The number of thiazole rings is 1. The topological polar surface area (TPSA) is 99.2 Å². The number of carbonyl (C=O) groups is 1. The van der Waals surface area contributed by atoms with Gasteiger partial charge in [0.05, 0.1) is 32.6 Å². The molecule has 172 valence electrons. The maximum atomic E-state index is 14.1. The van der Waals surface area contributed by atoms with Crippen molar-refractivity contribution >= 4 is 44.7 Å². The molecule has 1 amide bonds. The Morgan fingerprint density at radius 3 is 2.66 bits per heavy atom. The first-order chi connectivity index (χ1) is 14.9. The van der Waals surface area contributed by atoms with Crippen LogP contribution in [0.2, 0.25) is 0 Å². The third-order valence-corrected chi connectivity index (χ3v) is 6.02. The summed E-state index contributed by atoms with van der Waals surface area (Å²) in [4.78, 5) is 21.5. The van der Waals surface area contributed by atoms with Gasteiger partial charge in [0.15, 0.2) is 0 Å². The van der Waals surface area contributed by atoms with Gasteiger partial charge >= 0.3 is 0 Å². The Morgan fingerprint density at radius 1 is 1.22 bits per heavy atom. The Kier molecular flexibility index (Phi) is 7.00. The van der Waals surface area contributed by atoms with Crippen LogP contribution >= 0.6 is 11.3 Å². The van der Waals surface area contributed by atoms with Gasteiger partial charge in [-0.2, -0.15) is 0 Å². The minimum Gasteiger partial charge on any atom is -0.390 e. The van der Waals surface area contributed by atoms with Gasteiger partial charge in [0.25, 0.3) is 5.91 Å². The molecule has 4 N–H and O–H groups in total. The van der Waals surface area contributed by atoms with E-state index in [0.29, 0.717) is 23.6 Å². The molecular weight excluding hydrogens is 429 g/mol. The molecular formula is C23H30FN5O2S. The third kappa shape index (κ3) is 6.37. The highest BCUT2D eigenvalue weighted by Gasteiger charge is 2.24. The minimum absolute atomic E-state index is 0.0314. The van der Waals surface area contributed by atoms with Crippen molar-refractivity contribution in [3.8, 4) is 0 Å². The van der Waals surface area contributed by atoms with Crippen LogP contribution in [0.5, 0.6) is 0 Å². The van der Waals surface area contributed by atoms with Gasteiger partial charge in [0, 0.05) is 37.0 Å². The minimum atomic E-state index is -1.46. The van der Waals surface area contributed by atoms with E-state index in [2.05, 4.69) is 25.9 Å². The number of carbonyl (C=O) groups excluding carboxylic acids is 1. The first-order valence-corrected chi connectivity index (χ1v) is 11.3. The SMILES string of the molecule is CC(CNC(=O)c1cnc(Nc2ccc3ncsc3c2)cc1NCC(C)(C)F)C(C)(C)O. The Hall–Kier alpha value is -2.78. The molecule has 0 bridgehead atoms. The quantitative estimate of drug-likeness (QED) is 0.369. The summed E-state index contributed by atoms with van der Waals surface area (Å²) in [7, 11) is 0. The predicted molar refractivity (Wildman–Crippen MR) is 129 cm³/mol. The second-order valence-electron chi connectivity index (χ2n) is 9.11. The van der Waals surface area contributed by atoms with Gasteiger partial charge in [-0.3, -0.25) is 4.79 Å². The maximum Gasteiger partial charge on any atom is 0.254 e. The molecule has 0 fully saturated rings. The molecule has 0 radical (unpaired) electrons. The molecule has 32 heavy (non-hydrogen) atoms. The molecule has 2 aromatic heterocycles. The lowest BCUT2D eigenvalue weighted by Crippen LogP contribution is -2.39. The first-order valence-electron chi connectivity index (χ1n) is 10.5. The van der Waals surface area contributed by atoms with Crippen LogP contribution in [0.4, 0.5) is 21.6 Å². The van der Waals surface area contributed by atoms with Crippen LogP contribution in [0.1, 0.15) is 45.0 Å². The fraction of sp³-hybridized carbons (Fsp3) is 0.435. The number of anilines is 3. The van der Waals surface area contributed by atoms with Crippen molar-refractivity contribution in [1.29, 1.82) is 0 Å². The Bertz CT molecular complexity index is 1090. The van der Waals surface area contributed by atoms with E-state index in [-0.39, 0.29) is 18.4 Å². The van der Waals surface area contributed by atoms with Crippen molar-refractivity contribution in [3.05, 3.63) is 41.5 Å². The lowest BCUT2D eigenvalue weighted by Gasteiger charge is -2.26. The number of pyridine rings is 1.